The van der Waals surface area contributed by atoms with Crippen LogP contribution in [0.1, 0.15) is 32.1 Å². The lowest BCUT2D eigenvalue weighted by Crippen LogP contribution is -2.39. The van der Waals surface area contributed by atoms with E-state index in [1.165, 1.54) is 51.7 Å². The fourth-order valence-corrected chi connectivity index (χ4v) is 3.13. The molecule has 3 rings (SSSR count). The molecule has 2 saturated heterocycles. The summed E-state index contributed by atoms with van der Waals surface area (Å²) in [5.41, 5.74) is 0. The van der Waals surface area contributed by atoms with Crippen molar-refractivity contribution in [1.29, 1.82) is 0 Å². The smallest absolute Gasteiger partial charge is 0.0495 e. The van der Waals surface area contributed by atoms with E-state index in [-0.39, 0.29) is 12.4 Å². The molecule has 3 nitrogen and oxygen atoms in total. The number of ether oxygens (including phenoxy) is 1. The number of hydrogen-bond acceptors (Lipinski definition) is 3. The number of nitrogens with one attached hydrogen (secondary N) is 1. The van der Waals surface area contributed by atoms with Gasteiger partial charge in [-0.3, -0.25) is 4.90 Å². The largest absolute Gasteiger partial charge is 0.381 e. The second-order valence-electron chi connectivity index (χ2n) is 5.63. The van der Waals surface area contributed by atoms with Crippen molar-refractivity contribution < 1.29 is 4.74 Å². The van der Waals surface area contributed by atoms with Crippen LogP contribution in [-0.4, -0.2) is 49.8 Å². The summed E-state index contributed by atoms with van der Waals surface area (Å²) in [4.78, 5) is 2.79. The second-order valence-corrected chi connectivity index (χ2v) is 5.63. The lowest BCUT2D eigenvalue weighted by molar-refractivity contribution is 0.162. The van der Waals surface area contributed by atoms with Gasteiger partial charge in [0, 0.05) is 31.8 Å². The minimum Gasteiger partial charge on any atom is -0.381 e. The van der Waals surface area contributed by atoms with E-state index >= 15 is 0 Å². The van der Waals surface area contributed by atoms with Crippen LogP contribution in [0.5, 0.6) is 0 Å². The van der Waals surface area contributed by atoms with E-state index < -0.39 is 0 Å². The minimum atomic E-state index is 0. The van der Waals surface area contributed by atoms with E-state index in [2.05, 4.69) is 10.2 Å². The molecule has 0 spiro atoms. The Kier molecular flexibility index (Phi) is 5.10. The van der Waals surface area contributed by atoms with Gasteiger partial charge >= 0.3 is 0 Å². The normalized spacial score (nSPS) is 33.0. The Morgan fingerprint density at radius 1 is 1.12 bits per heavy atom. The molecule has 0 aromatic heterocycles. The van der Waals surface area contributed by atoms with Crippen molar-refractivity contribution in [1.82, 2.24) is 10.2 Å². The fourth-order valence-electron chi connectivity index (χ4n) is 3.13. The van der Waals surface area contributed by atoms with E-state index in [4.69, 9.17) is 4.74 Å². The first-order valence-corrected chi connectivity index (χ1v) is 6.97. The highest BCUT2D eigenvalue weighted by molar-refractivity contribution is 5.85. The summed E-state index contributed by atoms with van der Waals surface area (Å²) in [6.07, 6.45) is 6.89. The predicted octanol–water partition coefficient (Wildman–Crippen LogP) is 1.66. The highest BCUT2D eigenvalue weighted by atomic mass is 35.5. The highest BCUT2D eigenvalue weighted by Crippen LogP contribution is 2.31. The monoisotopic (exact) mass is 260 g/mol. The van der Waals surface area contributed by atoms with Gasteiger partial charge in [-0.1, -0.05) is 0 Å². The average molecular weight is 261 g/mol. The van der Waals surface area contributed by atoms with Gasteiger partial charge in [0.05, 0.1) is 0 Å². The lowest BCUT2D eigenvalue weighted by atomic mass is 10.0. The van der Waals surface area contributed by atoms with Gasteiger partial charge in [0.15, 0.2) is 0 Å². The molecule has 1 N–H and O–H groups in total. The Balaban J connectivity index is 0.00000108. The Morgan fingerprint density at radius 3 is 2.59 bits per heavy atom. The van der Waals surface area contributed by atoms with E-state index in [9.17, 15) is 0 Å². The number of hydrogen-bond donors (Lipinski definition) is 1. The molecule has 17 heavy (non-hydrogen) atoms. The average Bonchev–Trinajstić information content (AvgIpc) is 2.83. The minimum absolute atomic E-state index is 0. The quantitative estimate of drug-likeness (QED) is 0.814. The Bertz CT molecular complexity index is 223. The molecule has 1 aliphatic carbocycles. The molecule has 0 aromatic rings. The molecule has 2 heterocycles. The summed E-state index contributed by atoms with van der Waals surface area (Å²) >= 11 is 0. The van der Waals surface area contributed by atoms with Crippen LogP contribution in [0.2, 0.25) is 0 Å². The first-order valence-electron chi connectivity index (χ1n) is 6.97. The third-order valence-corrected chi connectivity index (χ3v) is 4.34. The second kappa shape index (κ2) is 6.37. The van der Waals surface area contributed by atoms with Gasteiger partial charge in [0.2, 0.25) is 0 Å². The van der Waals surface area contributed by atoms with Gasteiger partial charge in [-0.2, -0.15) is 0 Å². The molecule has 0 amide bonds. The third-order valence-electron chi connectivity index (χ3n) is 4.34. The van der Waals surface area contributed by atoms with Crippen LogP contribution in [-0.2, 0) is 4.74 Å². The van der Waals surface area contributed by atoms with Crippen LogP contribution in [0, 0.1) is 5.92 Å². The molecule has 0 aromatic carbocycles. The summed E-state index contributed by atoms with van der Waals surface area (Å²) in [7, 11) is 0. The Hall–Kier alpha value is 0.170. The SMILES string of the molecule is C1CC(N(CCC2CCOC2)C2CC2)CN1.Cl. The van der Waals surface area contributed by atoms with Crippen molar-refractivity contribution in [3.8, 4) is 0 Å². The summed E-state index contributed by atoms with van der Waals surface area (Å²) in [6, 6.07) is 1.75. The molecular weight excluding hydrogens is 236 g/mol. The van der Waals surface area contributed by atoms with E-state index in [1.807, 2.05) is 0 Å². The maximum absolute atomic E-state index is 5.46. The van der Waals surface area contributed by atoms with Crippen LogP contribution in [0.25, 0.3) is 0 Å². The Morgan fingerprint density at radius 2 is 2.00 bits per heavy atom. The molecular formula is C13H25ClN2O. The molecule has 3 fully saturated rings. The third kappa shape index (κ3) is 3.57. The summed E-state index contributed by atoms with van der Waals surface area (Å²) in [6.45, 7) is 5.77. The molecule has 1 saturated carbocycles. The number of rotatable bonds is 5. The molecule has 100 valence electrons. The van der Waals surface area contributed by atoms with Crippen molar-refractivity contribution in [2.45, 2.75) is 44.2 Å². The van der Waals surface area contributed by atoms with Crippen LogP contribution in [0.15, 0.2) is 0 Å². The molecule has 2 aliphatic heterocycles. The molecule has 2 atom stereocenters. The zero-order valence-corrected chi connectivity index (χ0v) is 11.4. The molecule has 2 unspecified atom stereocenters. The molecule has 4 heteroatoms. The van der Waals surface area contributed by atoms with Crippen LogP contribution >= 0.6 is 12.4 Å². The van der Waals surface area contributed by atoms with Gasteiger partial charge in [-0.25, -0.2) is 0 Å². The number of nitrogens with zero attached hydrogens (tertiary/aromatic N) is 1. The Labute approximate surface area is 111 Å². The maximum Gasteiger partial charge on any atom is 0.0495 e. The van der Waals surface area contributed by atoms with E-state index in [0.717, 1.165) is 31.2 Å². The van der Waals surface area contributed by atoms with Crippen molar-refractivity contribution >= 4 is 12.4 Å². The molecule has 3 aliphatic rings. The standard InChI is InChI=1S/C13H24N2O.ClH/c1-2-12(1)15(13-3-6-14-9-13)7-4-11-5-8-16-10-11;/h11-14H,1-10H2;1H. The van der Waals surface area contributed by atoms with Gasteiger partial charge < -0.3 is 10.1 Å². The van der Waals surface area contributed by atoms with Crippen molar-refractivity contribution in [3.05, 3.63) is 0 Å². The van der Waals surface area contributed by atoms with Crippen molar-refractivity contribution in [2.24, 2.45) is 5.92 Å². The zero-order chi connectivity index (χ0) is 10.8. The van der Waals surface area contributed by atoms with Gasteiger partial charge in [0.1, 0.15) is 0 Å². The predicted molar refractivity (Wildman–Crippen MR) is 71.8 cm³/mol. The lowest BCUT2D eigenvalue weighted by Gasteiger charge is -2.29. The molecule has 0 bridgehead atoms. The van der Waals surface area contributed by atoms with Crippen LogP contribution in [0.4, 0.5) is 0 Å². The van der Waals surface area contributed by atoms with Crippen LogP contribution < -0.4 is 5.32 Å². The summed E-state index contributed by atoms with van der Waals surface area (Å²) in [5.74, 6) is 0.843. The highest BCUT2D eigenvalue weighted by Gasteiger charge is 2.35. The van der Waals surface area contributed by atoms with Gasteiger partial charge in [-0.15, -0.1) is 12.4 Å². The first kappa shape index (κ1) is 13.6. The number of halogens is 1. The van der Waals surface area contributed by atoms with E-state index in [1.54, 1.807) is 0 Å². The maximum atomic E-state index is 5.46. The van der Waals surface area contributed by atoms with Crippen molar-refractivity contribution in [3.63, 3.8) is 0 Å². The first-order chi connectivity index (χ1) is 7.93. The topological polar surface area (TPSA) is 24.5 Å². The van der Waals surface area contributed by atoms with Crippen LogP contribution in [0.3, 0.4) is 0 Å². The van der Waals surface area contributed by atoms with Gasteiger partial charge in [0.25, 0.3) is 0 Å². The molecule has 0 radical (unpaired) electrons. The summed E-state index contributed by atoms with van der Waals surface area (Å²) < 4.78 is 5.46. The summed E-state index contributed by atoms with van der Waals surface area (Å²) in [5, 5.41) is 3.50. The van der Waals surface area contributed by atoms with Crippen molar-refractivity contribution in [2.75, 3.05) is 32.8 Å². The van der Waals surface area contributed by atoms with E-state index in [0.29, 0.717) is 0 Å². The fraction of sp³-hybridized carbons (Fsp3) is 1.00. The van der Waals surface area contributed by atoms with Gasteiger partial charge in [-0.05, 0) is 51.1 Å². The zero-order valence-electron chi connectivity index (χ0n) is 10.6.